The van der Waals surface area contributed by atoms with E-state index in [0.29, 0.717) is 51.6 Å². The van der Waals surface area contributed by atoms with Crippen LogP contribution in [-0.4, -0.2) is 72.6 Å². The molecule has 0 aliphatic carbocycles. The summed E-state index contributed by atoms with van der Waals surface area (Å²) in [6, 6.07) is 4.04. The van der Waals surface area contributed by atoms with E-state index in [1.807, 2.05) is 7.05 Å². The second-order valence-electron chi connectivity index (χ2n) is 8.64. The van der Waals surface area contributed by atoms with E-state index in [9.17, 15) is 18.0 Å². The van der Waals surface area contributed by atoms with Gasteiger partial charge in [-0.1, -0.05) is 18.2 Å². The van der Waals surface area contributed by atoms with E-state index in [-0.39, 0.29) is 18.0 Å². The van der Waals surface area contributed by atoms with Crippen LogP contribution in [0.25, 0.3) is 0 Å². The molecule has 2 aromatic rings. The van der Waals surface area contributed by atoms with Gasteiger partial charge < -0.3 is 20.3 Å². The van der Waals surface area contributed by atoms with E-state index >= 15 is 0 Å². The highest BCUT2D eigenvalue weighted by Crippen LogP contribution is 2.32. The fourth-order valence-electron chi connectivity index (χ4n) is 4.26. The molecule has 1 amide bonds. The van der Waals surface area contributed by atoms with Gasteiger partial charge in [-0.3, -0.25) is 9.69 Å². The lowest BCUT2D eigenvalue weighted by Gasteiger charge is -2.35. The molecule has 0 atom stereocenters. The van der Waals surface area contributed by atoms with Gasteiger partial charge in [-0.25, -0.2) is 23.1 Å². The second-order valence-corrected chi connectivity index (χ2v) is 8.64. The number of likely N-dealkylation sites (N-methyl/N-ethyl adjacent to an activating group) is 1. The van der Waals surface area contributed by atoms with Gasteiger partial charge in [0.15, 0.2) is 0 Å². The highest BCUT2D eigenvalue weighted by atomic mass is 19.3. The number of aromatic nitrogens is 2. The number of nitrogens with zero attached hydrogens (tertiary/aromatic N) is 4. The van der Waals surface area contributed by atoms with Crippen LogP contribution in [0.5, 0.6) is 0 Å². The summed E-state index contributed by atoms with van der Waals surface area (Å²) in [5.41, 5.74) is 1.43. The number of anilines is 1. The van der Waals surface area contributed by atoms with Gasteiger partial charge in [0.1, 0.15) is 17.5 Å². The molecule has 0 spiro atoms. The quantitative estimate of drug-likeness (QED) is 0.358. The van der Waals surface area contributed by atoms with Crippen LogP contribution in [0.15, 0.2) is 18.2 Å². The molecule has 3 heterocycles. The van der Waals surface area contributed by atoms with E-state index in [1.165, 1.54) is 12.1 Å². The first kappa shape index (κ1) is 24.4. The summed E-state index contributed by atoms with van der Waals surface area (Å²) >= 11 is 0. The first-order chi connectivity index (χ1) is 16.5. The van der Waals surface area contributed by atoms with Gasteiger partial charge in [-0.15, -0.1) is 0 Å². The van der Waals surface area contributed by atoms with E-state index in [2.05, 4.69) is 20.4 Å². The zero-order valence-corrected chi connectivity index (χ0v) is 19.1. The zero-order valence-electron chi connectivity index (χ0n) is 19.1. The summed E-state index contributed by atoms with van der Waals surface area (Å²) in [4.78, 5) is 24.2. The molecule has 184 valence electrons. The molecule has 0 bridgehead atoms. The third-order valence-corrected chi connectivity index (χ3v) is 6.11. The van der Waals surface area contributed by atoms with Crippen molar-refractivity contribution in [2.24, 2.45) is 0 Å². The first-order valence-electron chi connectivity index (χ1n) is 11.3. The maximum absolute atomic E-state index is 14.5. The Kier molecular flexibility index (Phi) is 7.96. The third kappa shape index (κ3) is 5.65. The third-order valence-electron chi connectivity index (χ3n) is 6.11. The van der Waals surface area contributed by atoms with Crippen LogP contribution in [0, 0.1) is 5.82 Å². The number of likely N-dealkylation sites (tertiary alicyclic amines) is 1. The Balaban J connectivity index is 1.46. The molecular formula is C23H29F3N6O2. The molecule has 2 aliphatic heterocycles. The Labute approximate surface area is 196 Å². The van der Waals surface area contributed by atoms with Gasteiger partial charge in [0.25, 0.3) is 6.43 Å². The highest BCUT2D eigenvalue weighted by molar-refractivity contribution is 5.49. The summed E-state index contributed by atoms with van der Waals surface area (Å²) < 4.78 is 46.2. The normalized spacial score (nSPS) is 16.5. The molecule has 1 aromatic heterocycles. The number of ether oxygens (including phenoxy) is 1. The van der Waals surface area contributed by atoms with Crippen LogP contribution in [0.3, 0.4) is 0 Å². The molecule has 2 N–H and O–H groups in total. The Hall–Kier alpha value is -2.76. The largest absolute Gasteiger partial charge is 0.378 e. The minimum absolute atomic E-state index is 0.0483. The predicted octanol–water partition coefficient (Wildman–Crippen LogP) is 2.27. The number of halogens is 3. The van der Waals surface area contributed by atoms with Crippen molar-refractivity contribution in [1.82, 2.24) is 25.1 Å². The average molecular weight is 479 g/mol. The number of amides is 1. The monoisotopic (exact) mass is 478 g/mol. The molecule has 8 nitrogen and oxygen atoms in total. The van der Waals surface area contributed by atoms with Gasteiger partial charge in [0.05, 0.1) is 24.5 Å². The van der Waals surface area contributed by atoms with Gasteiger partial charge >= 0.3 is 0 Å². The standard InChI is InChI=1S/C23H29F3N6O2/c1-31-10-16(11-31)22-29-19-13-32(6-8-34-7-5-27-14-33)12-18(19)23(30-22)28-9-15-3-2-4-17(20(15)24)21(25)26/h2-4,14,16,21H,5-13H2,1H3,(H,27,33)(H,28,29,30). The second kappa shape index (κ2) is 11.1. The lowest BCUT2D eigenvalue weighted by Crippen LogP contribution is -2.42. The Bertz CT molecular complexity index is 1000. The molecule has 1 saturated heterocycles. The SMILES string of the molecule is CN1CC(c2nc3c(c(NCc4cccc(C(F)F)c4F)n2)CN(CCOCCNC=O)C3)C1. The number of hydrogen-bond donors (Lipinski definition) is 2. The van der Waals surface area contributed by atoms with Gasteiger partial charge in [-0.2, -0.15) is 0 Å². The van der Waals surface area contributed by atoms with Crippen LogP contribution < -0.4 is 10.6 Å². The fraction of sp³-hybridized carbons (Fsp3) is 0.522. The lowest BCUT2D eigenvalue weighted by molar-refractivity contribution is -0.109. The number of fused-ring (bicyclic) bond motifs is 1. The molecule has 0 unspecified atom stereocenters. The topological polar surface area (TPSA) is 82.6 Å². The maximum atomic E-state index is 14.5. The Morgan fingerprint density at radius 3 is 2.79 bits per heavy atom. The zero-order chi connectivity index (χ0) is 24.1. The van der Waals surface area contributed by atoms with E-state index in [1.54, 1.807) is 0 Å². The van der Waals surface area contributed by atoms with Gasteiger partial charge in [0.2, 0.25) is 6.41 Å². The van der Waals surface area contributed by atoms with E-state index < -0.39 is 17.8 Å². The molecule has 4 rings (SSSR count). The van der Waals surface area contributed by atoms with Crippen LogP contribution >= 0.6 is 0 Å². The number of nitrogens with one attached hydrogen (secondary N) is 2. The Morgan fingerprint density at radius 2 is 2.06 bits per heavy atom. The molecule has 1 aromatic carbocycles. The van der Waals surface area contributed by atoms with Gasteiger partial charge in [-0.05, 0) is 7.05 Å². The van der Waals surface area contributed by atoms with Crippen molar-refractivity contribution in [3.63, 3.8) is 0 Å². The number of alkyl halides is 2. The highest BCUT2D eigenvalue weighted by Gasteiger charge is 2.31. The number of carbonyl (C=O) groups is 1. The predicted molar refractivity (Wildman–Crippen MR) is 120 cm³/mol. The van der Waals surface area contributed by atoms with E-state index in [0.717, 1.165) is 36.2 Å². The summed E-state index contributed by atoms with van der Waals surface area (Å²) in [6.45, 7) is 5.14. The van der Waals surface area contributed by atoms with Crippen molar-refractivity contribution in [2.45, 2.75) is 32.0 Å². The summed E-state index contributed by atoms with van der Waals surface area (Å²) in [5, 5.41) is 5.74. The van der Waals surface area contributed by atoms with Crippen LogP contribution in [0.1, 0.15) is 40.6 Å². The van der Waals surface area contributed by atoms with Crippen molar-refractivity contribution in [3.8, 4) is 0 Å². The first-order valence-corrected chi connectivity index (χ1v) is 11.3. The molecular weight excluding hydrogens is 449 g/mol. The van der Waals surface area contributed by atoms with Crippen LogP contribution in [-0.2, 0) is 29.2 Å². The number of carbonyl (C=O) groups excluding carboxylic acids is 1. The minimum Gasteiger partial charge on any atom is -0.378 e. The van der Waals surface area contributed by atoms with Crippen molar-refractivity contribution in [1.29, 1.82) is 0 Å². The Morgan fingerprint density at radius 1 is 1.24 bits per heavy atom. The number of hydrogen-bond acceptors (Lipinski definition) is 7. The molecule has 34 heavy (non-hydrogen) atoms. The van der Waals surface area contributed by atoms with Crippen molar-refractivity contribution in [2.75, 3.05) is 51.8 Å². The summed E-state index contributed by atoms with van der Waals surface area (Å²) in [5.74, 6) is 0.714. The summed E-state index contributed by atoms with van der Waals surface area (Å²) in [7, 11) is 2.04. The van der Waals surface area contributed by atoms with Gasteiger partial charge in [0, 0.05) is 62.9 Å². The van der Waals surface area contributed by atoms with Crippen LogP contribution in [0.4, 0.5) is 19.0 Å². The van der Waals surface area contributed by atoms with Crippen molar-refractivity contribution < 1.29 is 22.7 Å². The number of benzene rings is 1. The van der Waals surface area contributed by atoms with E-state index in [4.69, 9.17) is 14.7 Å². The molecule has 0 radical (unpaired) electrons. The van der Waals surface area contributed by atoms with Crippen molar-refractivity contribution in [3.05, 3.63) is 52.2 Å². The molecule has 11 heteroatoms. The molecule has 2 aliphatic rings. The van der Waals surface area contributed by atoms with Crippen LogP contribution in [0.2, 0.25) is 0 Å². The minimum atomic E-state index is -2.87. The average Bonchev–Trinajstić information content (AvgIpc) is 3.21. The lowest BCUT2D eigenvalue weighted by atomic mass is 10.00. The molecule has 0 saturated carbocycles. The maximum Gasteiger partial charge on any atom is 0.266 e. The smallest absolute Gasteiger partial charge is 0.266 e. The molecule has 1 fully saturated rings. The van der Waals surface area contributed by atoms with Crippen molar-refractivity contribution >= 4 is 12.2 Å². The fourth-order valence-corrected chi connectivity index (χ4v) is 4.26. The summed E-state index contributed by atoms with van der Waals surface area (Å²) in [6.07, 6.45) is -2.23. The number of rotatable bonds is 12.